The van der Waals surface area contributed by atoms with Crippen LogP contribution in [-0.4, -0.2) is 12.3 Å². The summed E-state index contributed by atoms with van der Waals surface area (Å²) in [6.07, 6.45) is 14.6. The molecule has 0 fully saturated rings. The van der Waals surface area contributed by atoms with Crippen LogP contribution in [0, 0.1) is 0 Å². The van der Waals surface area contributed by atoms with Gasteiger partial charge in [0, 0.05) is 0 Å². The van der Waals surface area contributed by atoms with Gasteiger partial charge in [0.05, 0.1) is 0 Å². The maximum Gasteiger partial charge on any atom is -0.0353 e. The van der Waals surface area contributed by atoms with E-state index >= 15 is 0 Å². The summed E-state index contributed by atoms with van der Waals surface area (Å²) in [6, 6.07) is 0. The van der Waals surface area contributed by atoms with E-state index in [1.807, 2.05) is 0 Å². The Hall–Kier alpha value is 0.430. The summed E-state index contributed by atoms with van der Waals surface area (Å²) in [5.41, 5.74) is 0. The largest absolute Gasteiger partial charge is 0.122 e. The Morgan fingerprint density at radius 1 is 0.615 bits per heavy atom. The molecule has 0 aromatic heterocycles. The highest BCUT2D eigenvalue weighted by Gasteiger charge is 1.90. The molecule has 0 bridgehead atoms. The molecule has 0 nitrogen and oxygen atoms in total. The topological polar surface area (TPSA) is 0 Å². The third-order valence-electron chi connectivity index (χ3n) is 2.41. The van der Waals surface area contributed by atoms with Gasteiger partial charge < -0.3 is 0 Å². The van der Waals surface area contributed by atoms with Crippen molar-refractivity contribution in [2.45, 2.75) is 65.2 Å². The second kappa shape index (κ2) is 12.4. The van der Waals surface area contributed by atoms with Crippen LogP contribution in [-0.2, 0) is 0 Å². The van der Waals surface area contributed by atoms with Gasteiger partial charge in [-0.3, -0.25) is 0 Å². The van der Waals surface area contributed by atoms with Gasteiger partial charge in [0.25, 0.3) is 0 Å². The Kier molecular flexibility index (Phi) is 12.8. The highest BCUT2D eigenvalue weighted by Crippen LogP contribution is 2.16. The van der Waals surface area contributed by atoms with Gasteiger partial charge in [0.1, 0.15) is 0 Å². The second-order valence-electron chi connectivity index (χ2n) is 3.87. The van der Waals surface area contributed by atoms with E-state index in [0.717, 1.165) is 0 Å². The standard InChI is InChI=1S/C12H27P/c1-3-5-7-8-9-10-12-13-11-6-4-2/h13H,3-12H2,1-2H3. The van der Waals surface area contributed by atoms with Crippen molar-refractivity contribution in [3.63, 3.8) is 0 Å². The average molecular weight is 202 g/mol. The number of hydrogen-bond donors (Lipinski definition) is 0. The van der Waals surface area contributed by atoms with Gasteiger partial charge in [-0.15, -0.1) is 8.58 Å². The first-order chi connectivity index (χ1) is 6.41. The summed E-state index contributed by atoms with van der Waals surface area (Å²) in [5.74, 6) is 0. The molecule has 0 rings (SSSR count). The van der Waals surface area contributed by atoms with Crippen molar-refractivity contribution < 1.29 is 0 Å². The van der Waals surface area contributed by atoms with Gasteiger partial charge in [-0.2, -0.15) is 0 Å². The monoisotopic (exact) mass is 202 g/mol. The zero-order chi connectivity index (χ0) is 9.78. The van der Waals surface area contributed by atoms with E-state index in [1.165, 1.54) is 72.3 Å². The Bertz CT molecular complexity index is 71.2. The third-order valence-corrected chi connectivity index (χ3v) is 3.83. The smallest absolute Gasteiger partial charge is 0.0353 e. The van der Waals surface area contributed by atoms with Crippen molar-refractivity contribution in [2.75, 3.05) is 12.3 Å². The van der Waals surface area contributed by atoms with Gasteiger partial charge >= 0.3 is 0 Å². The van der Waals surface area contributed by atoms with E-state index in [1.54, 1.807) is 0 Å². The normalized spacial score (nSPS) is 11.5. The second-order valence-corrected chi connectivity index (χ2v) is 5.37. The Labute approximate surface area is 86.7 Å². The maximum absolute atomic E-state index is 2.29. The van der Waals surface area contributed by atoms with E-state index in [9.17, 15) is 0 Å². The number of hydrogen-bond acceptors (Lipinski definition) is 0. The Morgan fingerprint density at radius 2 is 1.15 bits per heavy atom. The summed E-state index contributed by atoms with van der Waals surface area (Å²) in [5, 5.41) is 0. The molecule has 0 aromatic rings. The summed E-state index contributed by atoms with van der Waals surface area (Å²) in [4.78, 5) is 0. The van der Waals surface area contributed by atoms with E-state index in [0.29, 0.717) is 0 Å². The molecule has 13 heavy (non-hydrogen) atoms. The third kappa shape index (κ3) is 12.4. The molecule has 0 aromatic carbocycles. The van der Waals surface area contributed by atoms with Crippen LogP contribution in [0.1, 0.15) is 65.2 Å². The molecule has 0 saturated carbocycles. The van der Waals surface area contributed by atoms with E-state index < -0.39 is 0 Å². The molecule has 0 heterocycles. The molecule has 0 N–H and O–H groups in total. The van der Waals surface area contributed by atoms with Crippen LogP contribution in [0.15, 0.2) is 0 Å². The molecule has 1 unspecified atom stereocenters. The van der Waals surface area contributed by atoms with Crippen molar-refractivity contribution >= 4 is 8.58 Å². The van der Waals surface area contributed by atoms with E-state index in [-0.39, 0.29) is 0 Å². The zero-order valence-electron chi connectivity index (χ0n) is 9.57. The molecule has 0 aliphatic carbocycles. The first kappa shape index (κ1) is 13.4. The van der Waals surface area contributed by atoms with Crippen molar-refractivity contribution in [3.05, 3.63) is 0 Å². The van der Waals surface area contributed by atoms with Crippen LogP contribution < -0.4 is 0 Å². The number of unbranched alkanes of at least 4 members (excludes halogenated alkanes) is 6. The Morgan fingerprint density at radius 3 is 1.85 bits per heavy atom. The number of rotatable bonds is 10. The van der Waals surface area contributed by atoms with Crippen LogP contribution in [0.5, 0.6) is 0 Å². The lowest BCUT2D eigenvalue weighted by Crippen LogP contribution is -1.82. The SMILES string of the molecule is CCCCCCCCPCCCC. The Balaban J connectivity index is 2.76. The van der Waals surface area contributed by atoms with Crippen LogP contribution >= 0.6 is 8.58 Å². The molecule has 0 radical (unpaired) electrons. The molecular weight excluding hydrogens is 175 g/mol. The van der Waals surface area contributed by atoms with Crippen molar-refractivity contribution in [2.24, 2.45) is 0 Å². The molecule has 0 aliphatic rings. The van der Waals surface area contributed by atoms with Crippen LogP contribution in [0.2, 0.25) is 0 Å². The van der Waals surface area contributed by atoms with Gasteiger partial charge in [0.15, 0.2) is 0 Å². The summed E-state index contributed by atoms with van der Waals surface area (Å²) >= 11 is 0. The lowest BCUT2D eigenvalue weighted by Gasteiger charge is -2.01. The molecule has 0 saturated heterocycles. The van der Waals surface area contributed by atoms with Crippen LogP contribution in [0.3, 0.4) is 0 Å². The first-order valence-corrected chi connectivity index (χ1v) is 7.54. The summed E-state index contributed by atoms with van der Waals surface area (Å²) in [7, 11) is 1.25. The quantitative estimate of drug-likeness (QED) is 0.352. The van der Waals surface area contributed by atoms with Crippen molar-refractivity contribution in [1.82, 2.24) is 0 Å². The fraction of sp³-hybridized carbons (Fsp3) is 1.00. The molecule has 80 valence electrons. The minimum Gasteiger partial charge on any atom is -0.122 e. The van der Waals surface area contributed by atoms with Crippen LogP contribution in [0.4, 0.5) is 0 Å². The van der Waals surface area contributed by atoms with E-state index in [2.05, 4.69) is 13.8 Å². The molecule has 0 spiro atoms. The van der Waals surface area contributed by atoms with Crippen molar-refractivity contribution in [3.8, 4) is 0 Å². The highest BCUT2D eigenvalue weighted by molar-refractivity contribution is 7.37. The average Bonchev–Trinajstić information content (AvgIpc) is 2.16. The fourth-order valence-corrected chi connectivity index (χ4v) is 2.81. The fourth-order valence-electron chi connectivity index (χ4n) is 1.46. The van der Waals surface area contributed by atoms with Gasteiger partial charge in [-0.05, 0) is 25.2 Å². The lowest BCUT2D eigenvalue weighted by atomic mass is 10.1. The van der Waals surface area contributed by atoms with Crippen LogP contribution in [0.25, 0.3) is 0 Å². The van der Waals surface area contributed by atoms with Crippen molar-refractivity contribution in [1.29, 1.82) is 0 Å². The molecule has 0 aliphatic heterocycles. The minimum absolute atomic E-state index is 1.25. The molecule has 1 atom stereocenters. The zero-order valence-corrected chi connectivity index (χ0v) is 10.6. The lowest BCUT2D eigenvalue weighted by molar-refractivity contribution is 0.626. The maximum atomic E-state index is 2.29. The van der Waals surface area contributed by atoms with Gasteiger partial charge in [-0.25, -0.2) is 0 Å². The first-order valence-electron chi connectivity index (χ1n) is 6.12. The van der Waals surface area contributed by atoms with Gasteiger partial charge in [-0.1, -0.05) is 52.4 Å². The highest BCUT2D eigenvalue weighted by atomic mass is 31.1. The predicted octanol–water partition coefficient (Wildman–Crippen LogP) is 4.83. The molecular formula is C12H27P. The predicted molar refractivity (Wildman–Crippen MR) is 66.3 cm³/mol. The minimum atomic E-state index is 1.25. The van der Waals surface area contributed by atoms with Gasteiger partial charge in [0.2, 0.25) is 0 Å². The van der Waals surface area contributed by atoms with E-state index in [4.69, 9.17) is 0 Å². The summed E-state index contributed by atoms with van der Waals surface area (Å²) in [6.45, 7) is 4.57. The summed E-state index contributed by atoms with van der Waals surface area (Å²) < 4.78 is 0. The molecule has 0 amide bonds. The molecule has 1 heteroatoms.